The van der Waals surface area contributed by atoms with Crippen LogP contribution in [0.15, 0.2) is 12.1 Å². The quantitative estimate of drug-likeness (QED) is 0.650. The molecule has 0 radical (unpaired) electrons. The third kappa shape index (κ3) is 3.39. The highest BCUT2D eigenvalue weighted by atomic mass is 35.5. The highest BCUT2D eigenvalue weighted by Crippen LogP contribution is 2.30. The highest BCUT2D eigenvalue weighted by molar-refractivity contribution is 6.39. The number of amides is 1. The van der Waals surface area contributed by atoms with Gasteiger partial charge < -0.3 is 10.6 Å². The second kappa shape index (κ2) is 6.68. The third-order valence-electron chi connectivity index (χ3n) is 4.02. The SMILES string of the molecule is CN(C(=O)c1cc(Cl)c(N)c(Cl)c1)C1CCCCCC1. The number of hydrogen-bond donors (Lipinski definition) is 1. The Labute approximate surface area is 130 Å². The van der Waals surface area contributed by atoms with Gasteiger partial charge >= 0.3 is 0 Å². The maximum Gasteiger partial charge on any atom is 0.253 e. The van der Waals surface area contributed by atoms with Gasteiger partial charge in [-0.1, -0.05) is 48.9 Å². The van der Waals surface area contributed by atoms with Crippen LogP contribution >= 0.6 is 23.2 Å². The fourth-order valence-corrected chi connectivity index (χ4v) is 3.21. The number of nitrogen functional groups attached to an aromatic ring is 1. The topological polar surface area (TPSA) is 46.3 Å². The van der Waals surface area contributed by atoms with Gasteiger partial charge in [0.25, 0.3) is 5.91 Å². The van der Waals surface area contributed by atoms with Gasteiger partial charge in [0.15, 0.2) is 0 Å². The van der Waals surface area contributed by atoms with E-state index in [2.05, 4.69) is 0 Å². The van der Waals surface area contributed by atoms with Crippen molar-refractivity contribution in [2.24, 2.45) is 0 Å². The molecule has 1 aromatic rings. The monoisotopic (exact) mass is 314 g/mol. The van der Waals surface area contributed by atoms with Crippen molar-refractivity contribution >= 4 is 34.8 Å². The van der Waals surface area contributed by atoms with Crippen LogP contribution in [0.2, 0.25) is 10.0 Å². The molecule has 0 aliphatic heterocycles. The van der Waals surface area contributed by atoms with Crippen molar-refractivity contribution in [1.29, 1.82) is 0 Å². The van der Waals surface area contributed by atoms with Gasteiger partial charge in [-0.15, -0.1) is 0 Å². The smallest absolute Gasteiger partial charge is 0.253 e. The molecule has 0 heterocycles. The average molecular weight is 315 g/mol. The van der Waals surface area contributed by atoms with Gasteiger partial charge in [0.1, 0.15) is 0 Å². The molecule has 1 fully saturated rings. The molecular weight excluding hydrogens is 295 g/mol. The first-order valence-corrected chi connectivity index (χ1v) is 7.78. The van der Waals surface area contributed by atoms with Crippen LogP contribution in [0.3, 0.4) is 0 Å². The molecular formula is C15H20Cl2N2O. The minimum absolute atomic E-state index is 0.0410. The van der Waals surface area contributed by atoms with E-state index in [4.69, 9.17) is 28.9 Å². The van der Waals surface area contributed by atoms with Gasteiger partial charge in [0.05, 0.1) is 15.7 Å². The van der Waals surface area contributed by atoms with E-state index in [9.17, 15) is 4.79 Å². The van der Waals surface area contributed by atoms with E-state index >= 15 is 0 Å². The maximum absolute atomic E-state index is 12.5. The van der Waals surface area contributed by atoms with E-state index in [0.29, 0.717) is 27.3 Å². The normalized spacial score (nSPS) is 16.8. The number of nitrogens with zero attached hydrogens (tertiary/aromatic N) is 1. The molecule has 2 rings (SSSR count). The van der Waals surface area contributed by atoms with E-state index in [1.165, 1.54) is 25.7 Å². The van der Waals surface area contributed by atoms with E-state index in [1.54, 1.807) is 12.1 Å². The first kappa shape index (κ1) is 15.5. The Morgan fingerprint density at radius 2 is 1.65 bits per heavy atom. The number of nitrogens with two attached hydrogens (primary N) is 1. The van der Waals surface area contributed by atoms with Gasteiger partial charge in [-0.05, 0) is 25.0 Å². The van der Waals surface area contributed by atoms with Gasteiger partial charge in [0.2, 0.25) is 0 Å². The Balaban J connectivity index is 2.17. The summed E-state index contributed by atoms with van der Waals surface area (Å²) in [5, 5.41) is 0.658. The van der Waals surface area contributed by atoms with Crippen molar-refractivity contribution < 1.29 is 4.79 Å². The van der Waals surface area contributed by atoms with Crippen molar-refractivity contribution in [1.82, 2.24) is 4.90 Å². The molecule has 3 nitrogen and oxygen atoms in total. The summed E-state index contributed by atoms with van der Waals surface area (Å²) in [5.74, 6) is -0.0410. The van der Waals surface area contributed by atoms with Gasteiger partial charge in [-0.3, -0.25) is 4.79 Å². The number of carbonyl (C=O) groups excluding carboxylic acids is 1. The van der Waals surface area contributed by atoms with Gasteiger partial charge in [0, 0.05) is 18.7 Å². The van der Waals surface area contributed by atoms with E-state index in [1.807, 2.05) is 11.9 Å². The second-order valence-corrected chi connectivity index (χ2v) is 6.23. The zero-order valence-electron chi connectivity index (χ0n) is 11.7. The Bertz CT molecular complexity index is 474. The summed E-state index contributed by atoms with van der Waals surface area (Å²) < 4.78 is 0. The summed E-state index contributed by atoms with van der Waals surface area (Å²) in [4.78, 5) is 14.4. The van der Waals surface area contributed by atoms with Gasteiger partial charge in [-0.2, -0.15) is 0 Å². The van der Waals surface area contributed by atoms with Gasteiger partial charge in [-0.25, -0.2) is 0 Å². The van der Waals surface area contributed by atoms with E-state index < -0.39 is 0 Å². The zero-order chi connectivity index (χ0) is 14.7. The van der Waals surface area contributed by atoms with Crippen molar-refractivity contribution in [2.45, 2.75) is 44.6 Å². The molecule has 5 heteroatoms. The average Bonchev–Trinajstić information content (AvgIpc) is 2.71. The highest BCUT2D eigenvalue weighted by Gasteiger charge is 2.23. The Morgan fingerprint density at radius 3 is 2.15 bits per heavy atom. The lowest BCUT2D eigenvalue weighted by Gasteiger charge is -2.27. The van der Waals surface area contributed by atoms with Crippen LogP contribution in [-0.4, -0.2) is 23.9 Å². The molecule has 1 aliphatic carbocycles. The summed E-state index contributed by atoms with van der Waals surface area (Å²) >= 11 is 12.0. The number of halogens is 2. The summed E-state index contributed by atoms with van der Waals surface area (Å²) in [6, 6.07) is 3.50. The number of benzene rings is 1. The Hall–Kier alpha value is -0.930. The van der Waals surface area contributed by atoms with Crippen molar-refractivity contribution in [3.63, 3.8) is 0 Å². The van der Waals surface area contributed by atoms with E-state index in [-0.39, 0.29) is 5.91 Å². The Morgan fingerprint density at radius 1 is 1.15 bits per heavy atom. The standard InChI is InChI=1S/C15H20Cl2N2O/c1-19(11-6-4-2-3-5-7-11)15(20)10-8-12(16)14(18)13(17)9-10/h8-9,11H,2-7,18H2,1H3. The predicted octanol–water partition coefficient (Wildman–Crippen LogP) is 4.37. The van der Waals surface area contributed by atoms with Crippen LogP contribution < -0.4 is 5.73 Å². The molecule has 0 bridgehead atoms. The number of anilines is 1. The lowest BCUT2D eigenvalue weighted by atomic mass is 10.1. The van der Waals surface area contributed by atoms with Crippen LogP contribution in [0, 0.1) is 0 Å². The predicted molar refractivity (Wildman–Crippen MR) is 84.5 cm³/mol. The van der Waals surface area contributed by atoms with Crippen LogP contribution in [0.5, 0.6) is 0 Å². The van der Waals surface area contributed by atoms with Crippen LogP contribution in [0.4, 0.5) is 5.69 Å². The minimum Gasteiger partial charge on any atom is -0.396 e. The van der Waals surface area contributed by atoms with E-state index in [0.717, 1.165) is 12.8 Å². The summed E-state index contributed by atoms with van der Waals surface area (Å²) in [7, 11) is 1.86. The molecule has 2 N–H and O–H groups in total. The summed E-state index contributed by atoms with van der Waals surface area (Å²) in [5.41, 5.74) is 6.52. The first-order chi connectivity index (χ1) is 9.50. The molecule has 0 aromatic heterocycles. The summed E-state index contributed by atoms with van der Waals surface area (Å²) in [6.07, 6.45) is 7.03. The minimum atomic E-state index is -0.0410. The zero-order valence-corrected chi connectivity index (χ0v) is 13.2. The second-order valence-electron chi connectivity index (χ2n) is 5.42. The fraction of sp³-hybridized carbons (Fsp3) is 0.533. The van der Waals surface area contributed by atoms with Crippen LogP contribution in [0.1, 0.15) is 48.9 Å². The molecule has 0 unspecified atom stereocenters. The number of carbonyl (C=O) groups is 1. The van der Waals surface area contributed by atoms with Crippen molar-refractivity contribution in [3.05, 3.63) is 27.7 Å². The molecule has 110 valence electrons. The molecule has 1 aliphatic rings. The van der Waals surface area contributed by atoms with Crippen molar-refractivity contribution in [3.8, 4) is 0 Å². The fourth-order valence-electron chi connectivity index (χ4n) is 2.72. The molecule has 1 aromatic carbocycles. The molecule has 20 heavy (non-hydrogen) atoms. The third-order valence-corrected chi connectivity index (χ3v) is 4.64. The maximum atomic E-state index is 12.5. The van der Waals surface area contributed by atoms with Crippen LogP contribution in [-0.2, 0) is 0 Å². The molecule has 1 amide bonds. The summed E-state index contributed by atoms with van der Waals surface area (Å²) in [6.45, 7) is 0. The van der Waals surface area contributed by atoms with Crippen molar-refractivity contribution in [2.75, 3.05) is 12.8 Å². The number of hydrogen-bond acceptors (Lipinski definition) is 2. The lowest BCUT2D eigenvalue weighted by Crippen LogP contribution is -2.36. The van der Waals surface area contributed by atoms with Crippen LogP contribution in [0.25, 0.3) is 0 Å². The molecule has 0 spiro atoms. The largest absolute Gasteiger partial charge is 0.396 e. The lowest BCUT2D eigenvalue weighted by molar-refractivity contribution is 0.0718. The first-order valence-electron chi connectivity index (χ1n) is 7.02. The number of rotatable bonds is 2. The molecule has 1 saturated carbocycles. The molecule has 0 atom stereocenters. The molecule has 0 saturated heterocycles. The Kier molecular flexibility index (Phi) is 5.17.